The quantitative estimate of drug-likeness (QED) is 0.670. The third-order valence-electron chi connectivity index (χ3n) is 2.22. The van der Waals surface area contributed by atoms with Crippen LogP contribution in [0, 0.1) is 0 Å². The van der Waals surface area contributed by atoms with Gasteiger partial charge in [0, 0.05) is 19.2 Å². The van der Waals surface area contributed by atoms with Crippen molar-refractivity contribution < 1.29 is 9.53 Å². The standard InChI is InChI=1S/C10H20N2O2/c1-8(2)11-7-10(13)12-6-9-4-3-5-14-9/h8-9,11H,3-7H2,1-2H3,(H,12,13). The second kappa shape index (κ2) is 5.98. The maximum absolute atomic E-state index is 11.3. The van der Waals surface area contributed by atoms with Crippen molar-refractivity contribution in [1.82, 2.24) is 10.6 Å². The number of carbonyl (C=O) groups excluding carboxylic acids is 1. The van der Waals surface area contributed by atoms with Crippen molar-refractivity contribution in [3.05, 3.63) is 0 Å². The molecule has 0 aromatic rings. The summed E-state index contributed by atoms with van der Waals surface area (Å²) in [4.78, 5) is 11.3. The minimum Gasteiger partial charge on any atom is -0.376 e. The molecule has 1 fully saturated rings. The number of rotatable bonds is 5. The fourth-order valence-electron chi connectivity index (χ4n) is 1.39. The lowest BCUT2D eigenvalue weighted by Gasteiger charge is -2.12. The fourth-order valence-corrected chi connectivity index (χ4v) is 1.39. The fraction of sp³-hybridized carbons (Fsp3) is 0.900. The van der Waals surface area contributed by atoms with E-state index in [2.05, 4.69) is 10.6 Å². The lowest BCUT2D eigenvalue weighted by molar-refractivity contribution is -0.120. The van der Waals surface area contributed by atoms with E-state index in [4.69, 9.17) is 4.74 Å². The van der Waals surface area contributed by atoms with Gasteiger partial charge < -0.3 is 15.4 Å². The van der Waals surface area contributed by atoms with Crippen LogP contribution in [0.4, 0.5) is 0 Å². The van der Waals surface area contributed by atoms with Gasteiger partial charge in [-0.1, -0.05) is 13.8 Å². The largest absolute Gasteiger partial charge is 0.376 e. The number of hydrogen-bond acceptors (Lipinski definition) is 3. The van der Waals surface area contributed by atoms with Crippen molar-refractivity contribution in [3.8, 4) is 0 Å². The third-order valence-corrected chi connectivity index (χ3v) is 2.22. The maximum atomic E-state index is 11.3. The summed E-state index contributed by atoms with van der Waals surface area (Å²) in [6.07, 6.45) is 2.42. The molecule has 1 aliphatic heterocycles. The number of carbonyl (C=O) groups is 1. The summed E-state index contributed by atoms with van der Waals surface area (Å²) >= 11 is 0. The summed E-state index contributed by atoms with van der Waals surface area (Å²) in [6.45, 7) is 5.93. The molecular weight excluding hydrogens is 180 g/mol. The molecule has 4 heteroatoms. The number of hydrogen-bond donors (Lipinski definition) is 2. The van der Waals surface area contributed by atoms with Crippen molar-refractivity contribution in [3.63, 3.8) is 0 Å². The predicted octanol–water partition coefficient (Wildman–Crippen LogP) is 0.280. The highest BCUT2D eigenvalue weighted by molar-refractivity contribution is 5.78. The average molecular weight is 200 g/mol. The van der Waals surface area contributed by atoms with Gasteiger partial charge in [0.15, 0.2) is 0 Å². The Balaban J connectivity index is 2.02. The first-order valence-electron chi connectivity index (χ1n) is 5.30. The zero-order valence-corrected chi connectivity index (χ0v) is 9.01. The molecule has 0 bridgehead atoms. The van der Waals surface area contributed by atoms with Gasteiger partial charge in [0.2, 0.25) is 5.91 Å². The molecule has 1 unspecified atom stereocenters. The highest BCUT2D eigenvalue weighted by Gasteiger charge is 2.15. The van der Waals surface area contributed by atoms with Gasteiger partial charge >= 0.3 is 0 Å². The minimum atomic E-state index is 0.0502. The van der Waals surface area contributed by atoms with E-state index in [1.165, 1.54) is 0 Å². The highest BCUT2D eigenvalue weighted by Crippen LogP contribution is 2.10. The Bertz CT molecular complexity index is 177. The molecule has 4 nitrogen and oxygen atoms in total. The summed E-state index contributed by atoms with van der Waals surface area (Å²) in [5.41, 5.74) is 0. The monoisotopic (exact) mass is 200 g/mol. The third kappa shape index (κ3) is 4.58. The molecule has 0 radical (unpaired) electrons. The molecule has 0 saturated carbocycles. The van der Waals surface area contributed by atoms with Gasteiger partial charge in [-0.05, 0) is 12.8 Å². The number of amides is 1. The van der Waals surface area contributed by atoms with Gasteiger partial charge in [-0.15, -0.1) is 0 Å². The van der Waals surface area contributed by atoms with E-state index in [1.54, 1.807) is 0 Å². The van der Waals surface area contributed by atoms with Crippen LogP contribution in [-0.4, -0.2) is 37.7 Å². The van der Waals surface area contributed by atoms with Gasteiger partial charge in [0.1, 0.15) is 0 Å². The van der Waals surface area contributed by atoms with Crippen molar-refractivity contribution in [2.45, 2.75) is 38.8 Å². The number of ether oxygens (including phenoxy) is 1. The van der Waals surface area contributed by atoms with Crippen LogP contribution in [-0.2, 0) is 9.53 Å². The second-order valence-corrected chi connectivity index (χ2v) is 3.97. The van der Waals surface area contributed by atoms with E-state index in [-0.39, 0.29) is 12.0 Å². The van der Waals surface area contributed by atoms with E-state index in [0.29, 0.717) is 19.1 Å². The Morgan fingerprint density at radius 1 is 1.57 bits per heavy atom. The lowest BCUT2D eigenvalue weighted by Crippen LogP contribution is -2.39. The summed E-state index contributed by atoms with van der Waals surface area (Å²) in [5, 5.41) is 5.92. The van der Waals surface area contributed by atoms with Crippen LogP contribution in [0.1, 0.15) is 26.7 Å². The van der Waals surface area contributed by atoms with Crippen LogP contribution in [0.25, 0.3) is 0 Å². The Kier molecular flexibility index (Phi) is 4.90. The summed E-state index contributed by atoms with van der Waals surface area (Å²) in [7, 11) is 0. The van der Waals surface area contributed by atoms with Crippen LogP contribution < -0.4 is 10.6 Å². The first kappa shape index (κ1) is 11.5. The Morgan fingerprint density at radius 3 is 2.93 bits per heavy atom. The van der Waals surface area contributed by atoms with Gasteiger partial charge in [0.05, 0.1) is 12.6 Å². The average Bonchev–Trinajstić information content (AvgIpc) is 2.63. The topological polar surface area (TPSA) is 50.4 Å². The normalized spacial score (nSPS) is 21.5. The molecule has 14 heavy (non-hydrogen) atoms. The molecule has 0 aromatic carbocycles. The zero-order chi connectivity index (χ0) is 10.4. The summed E-state index contributed by atoms with van der Waals surface area (Å²) in [5.74, 6) is 0.0502. The van der Waals surface area contributed by atoms with Crippen LogP contribution in [0.2, 0.25) is 0 Å². The van der Waals surface area contributed by atoms with E-state index in [0.717, 1.165) is 19.4 Å². The van der Waals surface area contributed by atoms with Crippen LogP contribution in [0.15, 0.2) is 0 Å². The molecule has 1 atom stereocenters. The van der Waals surface area contributed by atoms with Gasteiger partial charge in [-0.3, -0.25) is 4.79 Å². The smallest absolute Gasteiger partial charge is 0.234 e. The van der Waals surface area contributed by atoms with Gasteiger partial charge in [0.25, 0.3) is 0 Å². The molecule has 0 spiro atoms. The van der Waals surface area contributed by atoms with Crippen LogP contribution in [0.3, 0.4) is 0 Å². The molecule has 1 amide bonds. The van der Waals surface area contributed by atoms with E-state index >= 15 is 0 Å². The molecule has 82 valence electrons. The molecule has 0 aromatic heterocycles. The highest BCUT2D eigenvalue weighted by atomic mass is 16.5. The molecule has 1 rings (SSSR count). The van der Waals surface area contributed by atoms with Crippen molar-refractivity contribution in [2.75, 3.05) is 19.7 Å². The zero-order valence-electron chi connectivity index (χ0n) is 9.01. The van der Waals surface area contributed by atoms with Gasteiger partial charge in [-0.25, -0.2) is 0 Å². The number of nitrogens with one attached hydrogen (secondary N) is 2. The van der Waals surface area contributed by atoms with Crippen molar-refractivity contribution in [1.29, 1.82) is 0 Å². The maximum Gasteiger partial charge on any atom is 0.234 e. The van der Waals surface area contributed by atoms with E-state index < -0.39 is 0 Å². The van der Waals surface area contributed by atoms with Crippen LogP contribution >= 0.6 is 0 Å². The summed E-state index contributed by atoms with van der Waals surface area (Å²) in [6, 6.07) is 0.350. The molecule has 0 aliphatic carbocycles. The molecule has 2 N–H and O–H groups in total. The minimum absolute atomic E-state index is 0.0502. The van der Waals surface area contributed by atoms with Crippen molar-refractivity contribution >= 4 is 5.91 Å². The molecule has 1 heterocycles. The first-order valence-corrected chi connectivity index (χ1v) is 5.30. The van der Waals surface area contributed by atoms with Crippen LogP contribution in [0.5, 0.6) is 0 Å². The first-order chi connectivity index (χ1) is 6.68. The predicted molar refractivity (Wildman–Crippen MR) is 55.1 cm³/mol. The molecular formula is C10H20N2O2. The van der Waals surface area contributed by atoms with E-state index in [9.17, 15) is 4.79 Å². The lowest BCUT2D eigenvalue weighted by atomic mass is 10.2. The Morgan fingerprint density at radius 2 is 2.36 bits per heavy atom. The molecule has 1 saturated heterocycles. The summed E-state index contributed by atoms with van der Waals surface area (Å²) < 4.78 is 5.39. The van der Waals surface area contributed by atoms with Crippen molar-refractivity contribution in [2.24, 2.45) is 0 Å². The SMILES string of the molecule is CC(C)NCC(=O)NCC1CCCO1. The Labute approximate surface area is 85.4 Å². The molecule has 1 aliphatic rings. The van der Waals surface area contributed by atoms with E-state index in [1.807, 2.05) is 13.8 Å². The Hall–Kier alpha value is -0.610. The second-order valence-electron chi connectivity index (χ2n) is 3.97. The van der Waals surface area contributed by atoms with Gasteiger partial charge in [-0.2, -0.15) is 0 Å².